The third-order valence-electron chi connectivity index (χ3n) is 2.35. The summed E-state index contributed by atoms with van der Waals surface area (Å²) in [5.41, 5.74) is 0. The highest BCUT2D eigenvalue weighted by molar-refractivity contribution is 8.00. The molecule has 0 saturated heterocycles. The monoisotopic (exact) mass is 208 g/mol. The summed E-state index contributed by atoms with van der Waals surface area (Å²) in [5, 5.41) is 0.198. The summed E-state index contributed by atoms with van der Waals surface area (Å²) in [6.07, 6.45) is 1.78. The van der Waals surface area contributed by atoms with Gasteiger partial charge in [0.05, 0.1) is 12.4 Å². The number of methoxy groups -OCH3 is 1. The quantitative estimate of drug-likeness (QED) is 0.763. The number of benzene rings is 1. The molecule has 1 saturated carbocycles. The molecule has 0 spiro atoms. The Morgan fingerprint density at radius 1 is 1.36 bits per heavy atom. The van der Waals surface area contributed by atoms with E-state index in [0.29, 0.717) is 5.78 Å². The van der Waals surface area contributed by atoms with Crippen molar-refractivity contribution in [2.75, 3.05) is 7.11 Å². The molecule has 1 aliphatic rings. The molecule has 14 heavy (non-hydrogen) atoms. The number of ether oxygens (including phenoxy) is 1. The first-order valence-corrected chi connectivity index (χ1v) is 5.51. The average Bonchev–Trinajstić information content (AvgIpc) is 2.24. The molecule has 1 aromatic carbocycles. The van der Waals surface area contributed by atoms with E-state index in [0.717, 1.165) is 23.5 Å². The van der Waals surface area contributed by atoms with E-state index in [1.54, 1.807) is 18.9 Å². The lowest BCUT2D eigenvalue weighted by molar-refractivity contribution is -0.122. The van der Waals surface area contributed by atoms with E-state index in [9.17, 15) is 4.79 Å². The number of carbonyl (C=O) groups is 1. The average molecular weight is 208 g/mol. The van der Waals surface area contributed by atoms with Crippen LogP contribution in [0.2, 0.25) is 0 Å². The molecule has 74 valence electrons. The highest BCUT2D eigenvalue weighted by Crippen LogP contribution is 2.34. The van der Waals surface area contributed by atoms with Gasteiger partial charge in [0.1, 0.15) is 11.5 Å². The van der Waals surface area contributed by atoms with Crippen LogP contribution in [0.25, 0.3) is 0 Å². The van der Waals surface area contributed by atoms with Gasteiger partial charge in [-0.1, -0.05) is 0 Å². The molecule has 0 bridgehead atoms. The molecule has 1 fully saturated rings. The fourth-order valence-electron chi connectivity index (χ4n) is 1.32. The SMILES string of the molecule is COc1ccc(SC2CCC2=O)cc1. The number of ketones is 1. The van der Waals surface area contributed by atoms with Crippen LogP contribution in [0.3, 0.4) is 0 Å². The maximum Gasteiger partial charge on any atom is 0.146 e. The minimum Gasteiger partial charge on any atom is -0.497 e. The lowest BCUT2D eigenvalue weighted by atomic mass is 9.98. The third kappa shape index (κ3) is 1.93. The molecule has 0 aliphatic heterocycles. The van der Waals surface area contributed by atoms with Crippen LogP contribution in [0.1, 0.15) is 12.8 Å². The zero-order chi connectivity index (χ0) is 9.97. The van der Waals surface area contributed by atoms with Crippen LogP contribution >= 0.6 is 11.8 Å². The van der Waals surface area contributed by atoms with Gasteiger partial charge in [-0.15, -0.1) is 11.8 Å². The molecule has 2 rings (SSSR count). The smallest absolute Gasteiger partial charge is 0.146 e. The zero-order valence-corrected chi connectivity index (χ0v) is 8.84. The Labute approximate surface area is 87.6 Å². The van der Waals surface area contributed by atoms with Gasteiger partial charge in [0.15, 0.2) is 0 Å². The molecule has 1 atom stereocenters. The fourth-order valence-corrected chi connectivity index (χ4v) is 2.43. The van der Waals surface area contributed by atoms with Gasteiger partial charge in [-0.2, -0.15) is 0 Å². The maximum absolute atomic E-state index is 11.1. The van der Waals surface area contributed by atoms with Gasteiger partial charge >= 0.3 is 0 Å². The van der Waals surface area contributed by atoms with Crippen molar-refractivity contribution < 1.29 is 9.53 Å². The zero-order valence-electron chi connectivity index (χ0n) is 8.03. The minimum atomic E-state index is 0.198. The Bertz CT molecular complexity index is 332. The Morgan fingerprint density at radius 2 is 2.07 bits per heavy atom. The van der Waals surface area contributed by atoms with Crippen LogP contribution in [0, 0.1) is 0 Å². The first kappa shape index (κ1) is 9.59. The summed E-state index contributed by atoms with van der Waals surface area (Å²) < 4.78 is 5.06. The summed E-state index contributed by atoms with van der Waals surface area (Å²) >= 11 is 1.65. The molecule has 0 aromatic heterocycles. The van der Waals surface area contributed by atoms with Crippen molar-refractivity contribution >= 4 is 17.5 Å². The van der Waals surface area contributed by atoms with Crippen LogP contribution in [-0.2, 0) is 4.79 Å². The summed E-state index contributed by atoms with van der Waals surface area (Å²) in [6, 6.07) is 7.83. The van der Waals surface area contributed by atoms with E-state index in [-0.39, 0.29) is 5.25 Å². The summed E-state index contributed by atoms with van der Waals surface area (Å²) in [7, 11) is 1.65. The summed E-state index contributed by atoms with van der Waals surface area (Å²) in [4.78, 5) is 12.3. The second-order valence-corrected chi connectivity index (χ2v) is 4.56. The Hall–Kier alpha value is -0.960. The first-order valence-electron chi connectivity index (χ1n) is 4.63. The molecule has 0 amide bonds. The second-order valence-electron chi connectivity index (χ2n) is 3.29. The summed E-state index contributed by atoms with van der Waals surface area (Å²) in [5.74, 6) is 1.24. The Kier molecular flexibility index (Phi) is 2.77. The maximum atomic E-state index is 11.1. The van der Waals surface area contributed by atoms with Gasteiger partial charge in [0, 0.05) is 11.3 Å². The largest absolute Gasteiger partial charge is 0.497 e. The van der Waals surface area contributed by atoms with Crippen molar-refractivity contribution in [3.8, 4) is 5.75 Å². The molecule has 1 aliphatic carbocycles. The van der Waals surface area contributed by atoms with Gasteiger partial charge < -0.3 is 4.74 Å². The minimum absolute atomic E-state index is 0.198. The van der Waals surface area contributed by atoms with Gasteiger partial charge in [-0.05, 0) is 30.7 Å². The molecule has 0 N–H and O–H groups in total. The topological polar surface area (TPSA) is 26.3 Å². The lowest BCUT2D eigenvalue weighted by Gasteiger charge is -2.22. The molecule has 3 heteroatoms. The predicted molar refractivity (Wildman–Crippen MR) is 56.9 cm³/mol. The van der Waals surface area contributed by atoms with E-state index in [1.165, 1.54) is 0 Å². The molecule has 2 nitrogen and oxygen atoms in total. The third-order valence-corrected chi connectivity index (χ3v) is 3.68. The first-order chi connectivity index (χ1) is 6.79. The number of hydrogen-bond donors (Lipinski definition) is 0. The van der Waals surface area contributed by atoms with E-state index >= 15 is 0 Å². The number of Topliss-reactive ketones (excluding diaryl/α,β-unsaturated/α-hetero) is 1. The number of hydrogen-bond acceptors (Lipinski definition) is 3. The van der Waals surface area contributed by atoms with Crippen molar-refractivity contribution in [2.45, 2.75) is 23.0 Å². The van der Waals surface area contributed by atoms with Crippen molar-refractivity contribution in [1.29, 1.82) is 0 Å². The second kappa shape index (κ2) is 4.05. The summed E-state index contributed by atoms with van der Waals surface area (Å²) in [6.45, 7) is 0. The van der Waals surface area contributed by atoms with Gasteiger partial charge in [-0.25, -0.2) is 0 Å². The van der Waals surface area contributed by atoms with Crippen LogP contribution < -0.4 is 4.74 Å². The number of thioether (sulfide) groups is 1. The normalized spacial score (nSPS) is 20.4. The van der Waals surface area contributed by atoms with Crippen molar-refractivity contribution in [3.05, 3.63) is 24.3 Å². The number of carbonyl (C=O) groups excluding carboxylic acids is 1. The lowest BCUT2D eigenvalue weighted by Crippen LogP contribution is -2.27. The standard InChI is InChI=1S/C11H12O2S/c1-13-8-2-4-9(5-3-8)14-11-7-6-10(11)12/h2-5,11H,6-7H2,1H3. The fraction of sp³-hybridized carbons (Fsp3) is 0.364. The molecule has 0 heterocycles. The molecule has 1 unspecified atom stereocenters. The van der Waals surface area contributed by atoms with Crippen LogP contribution in [-0.4, -0.2) is 18.1 Å². The van der Waals surface area contributed by atoms with Crippen LogP contribution in [0.4, 0.5) is 0 Å². The van der Waals surface area contributed by atoms with Gasteiger partial charge in [0.2, 0.25) is 0 Å². The molecule has 0 radical (unpaired) electrons. The highest BCUT2D eigenvalue weighted by atomic mass is 32.2. The van der Waals surface area contributed by atoms with Gasteiger partial charge in [0.25, 0.3) is 0 Å². The highest BCUT2D eigenvalue weighted by Gasteiger charge is 2.28. The van der Waals surface area contributed by atoms with E-state index < -0.39 is 0 Å². The van der Waals surface area contributed by atoms with E-state index in [2.05, 4.69) is 0 Å². The van der Waals surface area contributed by atoms with Crippen LogP contribution in [0.15, 0.2) is 29.2 Å². The van der Waals surface area contributed by atoms with Crippen molar-refractivity contribution in [2.24, 2.45) is 0 Å². The Balaban J connectivity index is 1.99. The Morgan fingerprint density at radius 3 is 2.50 bits per heavy atom. The van der Waals surface area contributed by atoms with Crippen LogP contribution in [0.5, 0.6) is 5.75 Å². The van der Waals surface area contributed by atoms with E-state index in [4.69, 9.17) is 4.74 Å². The molecular formula is C11H12O2S. The number of rotatable bonds is 3. The van der Waals surface area contributed by atoms with Crippen molar-refractivity contribution in [1.82, 2.24) is 0 Å². The van der Waals surface area contributed by atoms with Gasteiger partial charge in [-0.3, -0.25) is 4.79 Å². The predicted octanol–water partition coefficient (Wildman–Crippen LogP) is 2.52. The molecule has 1 aromatic rings. The molecular weight excluding hydrogens is 196 g/mol. The van der Waals surface area contributed by atoms with E-state index in [1.807, 2.05) is 24.3 Å². The van der Waals surface area contributed by atoms with Crippen molar-refractivity contribution in [3.63, 3.8) is 0 Å².